The van der Waals surface area contributed by atoms with E-state index in [9.17, 15) is 4.79 Å². The molecular formula is C12H10ClN3O2S. The molecule has 0 amide bonds. The molecule has 0 fully saturated rings. The number of hydrogen-bond acceptors (Lipinski definition) is 5. The van der Waals surface area contributed by atoms with Crippen LogP contribution in [0.5, 0.6) is 0 Å². The van der Waals surface area contributed by atoms with Crippen LogP contribution in [0.4, 0.5) is 0 Å². The number of halogens is 1. The molecule has 5 nitrogen and oxygen atoms in total. The molecule has 7 heteroatoms. The number of carbonyl (C=O) groups is 1. The van der Waals surface area contributed by atoms with Crippen LogP contribution in [-0.4, -0.2) is 21.5 Å². The molecule has 0 saturated heterocycles. The van der Waals surface area contributed by atoms with Crippen LogP contribution in [0.15, 0.2) is 17.2 Å². The first-order chi connectivity index (χ1) is 9.02. The standard InChI is InChI=1S/C12H10ClN3O2S/c1-7(2)18-11(17)8(6-14)5-9-10(13)15-12-16(9)3-4-19-12/h3-5,7H,1-2H3. The van der Waals surface area contributed by atoms with Gasteiger partial charge in [-0.25, -0.2) is 9.78 Å². The van der Waals surface area contributed by atoms with Gasteiger partial charge >= 0.3 is 5.97 Å². The Kier molecular flexibility index (Phi) is 3.88. The highest BCUT2D eigenvalue weighted by Crippen LogP contribution is 2.23. The Morgan fingerprint density at radius 2 is 2.42 bits per heavy atom. The van der Waals surface area contributed by atoms with Gasteiger partial charge in [0.15, 0.2) is 10.1 Å². The van der Waals surface area contributed by atoms with Crippen LogP contribution >= 0.6 is 22.9 Å². The molecule has 0 aliphatic carbocycles. The van der Waals surface area contributed by atoms with E-state index in [1.807, 2.05) is 11.4 Å². The molecule has 0 radical (unpaired) electrons. The van der Waals surface area contributed by atoms with Gasteiger partial charge in [-0.2, -0.15) is 5.26 Å². The molecule has 2 aromatic rings. The lowest BCUT2D eigenvalue weighted by molar-refractivity contribution is -0.142. The van der Waals surface area contributed by atoms with E-state index in [1.54, 1.807) is 24.4 Å². The Labute approximate surface area is 118 Å². The summed E-state index contributed by atoms with van der Waals surface area (Å²) in [5.41, 5.74) is 0.388. The summed E-state index contributed by atoms with van der Waals surface area (Å²) in [6.07, 6.45) is 2.87. The van der Waals surface area contributed by atoms with Crippen molar-refractivity contribution in [3.63, 3.8) is 0 Å². The number of nitriles is 1. The maximum Gasteiger partial charge on any atom is 0.349 e. The van der Waals surface area contributed by atoms with Gasteiger partial charge in [-0.05, 0) is 19.9 Å². The highest BCUT2D eigenvalue weighted by Gasteiger charge is 2.16. The van der Waals surface area contributed by atoms with Gasteiger partial charge in [-0.15, -0.1) is 11.3 Å². The molecular weight excluding hydrogens is 286 g/mol. The zero-order chi connectivity index (χ0) is 14.0. The van der Waals surface area contributed by atoms with Crippen molar-refractivity contribution < 1.29 is 9.53 Å². The first-order valence-electron chi connectivity index (χ1n) is 5.46. The van der Waals surface area contributed by atoms with Crippen molar-refractivity contribution in [2.45, 2.75) is 20.0 Å². The summed E-state index contributed by atoms with van der Waals surface area (Å²) in [5.74, 6) is -0.668. The fraction of sp³-hybridized carbons (Fsp3) is 0.250. The Morgan fingerprint density at radius 1 is 1.68 bits per heavy atom. The number of imidazole rings is 1. The molecule has 2 aromatic heterocycles. The summed E-state index contributed by atoms with van der Waals surface area (Å²) in [6.45, 7) is 3.44. The lowest BCUT2D eigenvalue weighted by Crippen LogP contribution is -2.12. The van der Waals surface area contributed by atoms with E-state index in [0.29, 0.717) is 10.7 Å². The Balaban J connectivity index is 2.43. The molecule has 0 saturated carbocycles. The van der Waals surface area contributed by atoms with Crippen LogP contribution in [0.2, 0.25) is 5.15 Å². The van der Waals surface area contributed by atoms with Crippen LogP contribution in [0.1, 0.15) is 19.5 Å². The van der Waals surface area contributed by atoms with Crippen molar-refractivity contribution in [3.8, 4) is 6.07 Å². The van der Waals surface area contributed by atoms with Gasteiger partial charge < -0.3 is 4.74 Å². The first-order valence-corrected chi connectivity index (χ1v) is 6.72. The molecule has 0 unspecified atom stereocenters. The Morgan fingerprint density at radius 3 is 3.05 bits per heavy atom. The maximum absolute atomic E-state index is 11.7. The van der Waals surface area contributed by atoms with Gasteiger partial charge in [-0.1, -0.05) is 11.6 Å². The average Bonchev–Trinajstić information content (AvgIpc) is 2.86. The molecule has 0 bridgehead atoms. The third kappa shape index (κ3) is 2.78. The Hall–Kier alpha value is -1.84. The minimum absolute atomic E-state index is 0.108. The predicted molar refractivity (Wildman–Crippen MR) is 72.9 cm³/mol. The largest absolute Gasteiger partial charge is 0.459 e. The molecule has 0 N–H and O–H groups in total. The van der Waals surface area contributed by atoms with Crippen LogP contribution in [-0.2, 0) is 9.53 Å². The van der Waals surface area contributed by atoms with E-state index in [4.69, 9.17) is 21.6 Å². The number of rotatable bonds is 3. The number of fused-ring (bicyclic) bond motifs is 1. The summed E-state index contributed by atoms with van der Waals surface area (Å²) in [7, 11) is 0. The molecule has 2 rings (SSSR count). The third-order valence-corrected chi connectivity index (χ3v) is 3.25. The van der Waals surface area contributed by atoms with Crippen molar-refractivity contribution in [1.82, 2.24) is 9.38 Å². The summed E-state index contributed by atoms with van der Waals surface area (Å²) in [6, 6.07) is 1.82. The molecule has 0 aliphatic rings. The van der Waals surface area contributed by atoms with E-state index < -0.39 is 5.97 Å². The number of esters is 1. The monoisotopic (exact) mass is 295 g/mol. The molecule has 2 heterocycles. The van der Waals surface area contributed by atoms with Gasteiger partial charge in [0.2, 0.25) is 0 Å². The summed E-state index contributed by atoms with van der Waals surface area (Å²) in [4.78, 5) is 16.5. The fourth-order valence-corrected chi connectivity index (χ4v) is 2.45. The van der Waals surface area contributed by atoms with Gasteiger partial charge in [0.25, 0.3) is 0 Å². The average molecular weight is 296 g/mol. The summed E-state index contributed by atoms with van der Waals surface area (Å²) >= 11 is 7.40. The van der Waals surface area contributed by atoms with Crippen LogP contribution in [0.25, 0.3) is 11.0 Å². The summed E-state index contributed by atoms with van der Waals surface area (Å²) in [5, 5.41) is 11.1. The predicted octanol–water partition coefficient (Wildman–Crippen LogP) is 2.91. The van der Waals surface area contributed by atoms with Crippen molar-refractivity contribution in [1.29, 1.82) is 5.26 Å². The zero-order valence-corrected chi connectivity index (χ0v) is 11.8. The van der Waals surface area contributed by atoms with Crippen molar-refractivity contribution in [2.24, 2.45) is 0 Å². The Bertz CT molecular complexity index is 693. The SMILES string of the molecule is CC(C)OC(=O)C(C#N)=Cc1c(Cl)nc2sccn12. The number of ether oxygens (including phenoxy) is 1. The number of aromatic nitrogens is 2. The zero-order valence-electron chi connectivity index (χ0n) is 10.3. The minimum Gasteiger partial charge on any atom is -0.459 e. The number of thiazole rings is 1. The number of nitrogens with zero attached hydrogens (tertiary/aromatic N) is 3. The molecule has 98 valence electrons. The molecule has 0 aliphatic heterocycles. The van der Waals surface area contributed by atoms with E-state index >= 15 is 0 Å². The second-order valence-corrected chi connectivity index (χ2v) is 5.20. The van der Waals surface area contributed by atoms with Gasteiger partial charge in [0, 0.05) is 11.6 Å². The van der Waals surface area contributed by atoms with Crippen LogP contribution in [0, 0.1) is 11.3 Å². The quantitative estimate of drug-likeness (QED) is 0.496. The van der Waals surface area contributed by atoms with Gasteiger partial charge in [-0.3, -0.25) is 4.40 Å². The van der Waals surface area contributed by atoms with Gasteiger partial charge in [0.1, 0.15) is 11.6 Å². The first kappa shape index (κ1) is 13.6. The highest BCUT2D eigenvalue weighted by atomic mass is 35.5. The molecule has 0 aromatic carbocycles. The van der Waals surface area contributed by atoms with Gasteiger partial charge in [0.05, 0.1) is 11.8 Å². The number of carbonyl (C=O) groups excluding carboxylic acids is 1. The minimum atomic E-state index is -0.668. The fourth-order valence-electron chi connectivity index (χ4n) is 1.46. The maximum atomic E-state index is 11.7. The lowest BCUT2D eigenvalue weighted by atomic mass is 10.2. The molecule has 0 spiro atoms. The summed E-state index contributed by atoms with van der Waals surface area (Å²) < 4.78 is 6.70. The third-order valence-electron chi connectivity index (χ3n) is 2.22. The highest BCUT2D eigenvalue weighted by molar-refractivity contribution is 7.15. The van der Waals surface area contributed by atoms with Crippen LogP contribution in [0.3, 0.4) is 0 Å². The van der Waals surface area contributed by atoms with E-state index in [0.717, 1.165) is 0 Å². The topological polar surface area (TPSA) is 67.4 Å². The van der Waals surface area contributed by atoms with E-state index in [-0.39, 0.29) is 16.8 Å². The second-order valence-electron chi connectivity index (χ2n) is 3.97. The van der Waals surface area contributed by atoms with E-state index in [2.05, 4.69) is 4.98 Å². The lowest BCUT2D eigenvalue weighted by Gasteiger charge is -2.06. The van der Waals surface area contributed by atoms with Crippen molar-refractivity contribution in [2.75, 3.05) is 0 Å². The second kappa shape index (κ2) is 5.43. The van der Waals surface area contributed by atoms with Crippen LogP contribution < -0.4 is 0 Å². The molecule has 0 atom stereocenters. The normalized spacial score (nSPS) is 11.8. The molecule has 19 heavy (non-hydrogen) atoms. The number of hydrogen-bond donors (Lipinski definition) is 0. The van der Waals surface area contributed by atoms with Crippen molar-refractivity contribution >= 4 is 39.9 Å². The van der Waals surface area contributed by atoms with E-state index in [1.165, 1.54) is 17.4 Å². The van der Waals surface area contributed by atoms with Crippen molar-refractivity contribution in [3.05, 3.63) is 28.0 Å². The smallest absolute Gasteiger partial charge is 0.349 e.